The molecule has 21 heavy (non-hydrogen) atoms. The molecule has 2 aromatic rings. The maximum Gasteiger partial charge on any atom is 0.309 e. The molecule has 3 rings (SSSR count). The molecular formula is C16H16N2O3. The molecule has 0 unspecified atom stereocenters. The maximum atomic E-state index is 11.9. The summed E-state index contributed by atoms with van der Waals surface area (Å²) in [6.45, 7) is -0.244. The van der Waals surface area contributed by atoms with E-state index in [-0.39, 0.29) is 24.4 Å². The first kappa shape index (κ1) is 13.5. The second-order valence-electron chi connectivity index (χ2n) is 5.16. The fraction of sp³-hybridized carbons (Fsp3) is 0.312. The lowest BCUT2D eigenvalue weighted by molar-refractivity contribution is -0.154. The fourth-order valence-corrected chi connectivity index (χ4v) is 2.30. The summed E-state index contributed by atoms with van der Waals surface area (Å²) < 4.78 is 5.03. The van der Waals surface area contributed by atoms with E-state index in [1.54, 1.807) is 12.3 Å². The van der Waals surface area contributed by atoms with E-state index in [1.165, 1.54) is 0 Å². The van der Waals surface area contributed by atoms with Crippen LogP contribution in [0, 0.1) is 5.92 Å². The third kappa shape index (κ3) is 3.02. The quantitative estimate of drug-likeness (QED) is 0.876. The number of benzene rings is 1. The van der Waals surface area contributed by atoms with Crippen LogP contribution in [0.2, 0.25) is 0 Å². The molecule has 5 nitrogen and oxygen atoms in total. The van der Waals surface area contributed by atoms with Gasteiger partial charge >= 0.3 is 5.97 Å². The van der Waals surface area contributed by atoms with Crippen molar-refractivity contribution in [3.05, 3.63) is 36.5 Å². The minimum atomic E-state index is -0.334. The number of hydrogen-bond acceptors (Lipinski definition) is 4. The highest BCUT2D eigenvalue weighted by Crippen LogP contribution is 2.27. The zero-order chi connectivity index (χ0) is 14.7. The molecular weight excluding hydrogens is 268 g/mol. The molecule has 1 N–H and O–H groups in total. The predicted molar refractivity (Wildman–Crippen MR) is 78.7 cm³/mol. The first-order valence-corrected chi connectivity index (χ1v) is 7.04. The molecule has 1 aromatic carbocycles. The molecule has 1 saturated carbocycles. The van der Waals surface area contributed by atoms with Crippen molar-refractivity contribution in [2.24, 2.45) is 5.92 Å². The Hall–Kier alpha value is -2.43. The van der Waals surface area contributed by atoms with Crippen LogP contribution in [0.4, 0.5) is 5.69 Å². The second kappa shape index (κ2) is 5.91. The third-order valence-electron chi connectivity index (χ3n) is 3.70. The Kier molecular flexibility index (Phi) is 3.81. The van der Waals surface area contributed by atoms with Crippen molar-refractivity contribution in [3.8, 4) is 0 Å². The van der Waals surface area contributed by atoms with Crippen LogP contribution in [-0.2, 0) is 14.3 Å². The lowest BCUT2D eigenvalue weighted by Crippen LogP contribution is -2.28. The molecule has 0 spiro atoms. The van der Waals surface area contributed by atoms with Crippen molar-refractivity contribution in [1.82, 2.24) is 4.98 Å². The number of aromatic nitrogens is 1. The first-order chi connectivity index (χ1) is 10.2. The normalized spacial score (nSPS) is 14.5. The molecule has 1 heterocycles. The van der Waals surface area contributed by atoms with Gasteiger partial charge in [0.25, 0.3) is 5.91 Å². The Balaban J connectivity index is 1.62. The van der Waals surface area contributed by atoms with Gasteiger partial charge in [-0.25, -0.2) is 0 Å². The number of pyridine rings is 1. The van der Waals surface area contributed by atoms with Gasteiger partial charge in [-0.2, -0.15) is 0 Å². The number of carbonyl (C=O) groups is 2. The van der Waals surface area contributed by atoms with Gasteiger partial charge in [-0.1, -0.05) is 12.5 Å². The Morgan fingerprint density at radius 3 is 2.86 bits per heavy atom. The lowest BCUT2D eigenvalue weighted by Gasteiger charge is -2.22. The average Bonchev–Trinajstić information content (AvgIpc) is 2.44. The number of amides is 1. The maximum absolute atomic E-state index is 11.9. The minimum Gasteiger partial charge on any atom is -0.455 e. The Labute approximate surface area is 122 Å². The first-order valence-electron chi connectivity index (χ1n) is 7.04. The molecule has 0 aliphatic heterocycles. The number of anilines is 1. The smallest absolute Gasteiger partial charge is 0.309 e. The highest BCUT2D eigenvalue weighted by Gasteiger charge is 2.27. The van der Waals surface area contributed by atoms with Gasteiger partial charge in [-0.15, -0.1) is 0 Å². The average molecular weight is 284 g/mol. The number of esters is 1. The van der Waals surface area contributed by atoms with Gasteiger partial charge in [0.15, 0.2) is 6.61 Å². The highest BCUT2D eigenvalue weighted by molar-refractivity contribution is 6.01. The molecule has 0 radical (unpaired) electrons. The van der Waals surface area contributed by atoms with Crippen LogP contribution in [0.5, 0.6) is 0 Å². The summed E-state index contributed by atoms with van der Waals surface area (Å²) in [7, 11) is 0. The Morgan fingerprint density at radius 1 is 1.24 bits per heavy atom. The number of rotatable bonds is 4. The minimum absolute atomic E-state index is 0.0143. The highest BCUT2D eigenvalue weighted by atomic mass is 16.5. The molecule has 1 aromatic heterocycles. The van der Waals surface area contributed by atoms with Gasteiger partial charge < -0.3 is 10.1 Å². The van der Waals surface area contributed by atoms with Crippen LogP contribution < -0.4 is 5.32 Å². The topological polar surface area (TPSA) is 68.3 Å². The van der Waals surface area contributed by atoms with Crippen LogP contribution in [-0.4, -0.2) is 23.5 Å². The summed E-state index contributed by atoms with van der Waals surface area (Å²) in [5.41, 5.74) is 1.48. The molecule has 0 bridgehead atoms. The van der Waals surface area contributed by atoms with E-state index in [9.17, 15) is 9.59 Å². The van der Waals surface area contributed by atoms with Crippen molar-refractivity contribution >= 4 is 28.5 Å². The van der Waals surface area contributed by atoms with Crippen molar-refractivity contribution in [3.63, 3.8) is 0 Å². The monoisotopic (exact) mass is 284 g/mol. The molecule has 5 heteroatoms. The van der Waals surface area contributed by atoms with E-state index in [2.05, 4.69) is 10.3 Å². The van der Waals surface area contributed by atoms with Crippen LogP contribution in [0.3, 0.4) is 0 Å². The molecule has 0 atom stereocenters. The van der Waals surface area contributed by atoms with E-state index in [0.717, 1.165) is 30.2 Å². The Bertz CT molecular complexity index is 675. The number of nitrogens with zero attached hydrogens (tertiary/aromatic N) is 1. The van der Waals surface area contributed by atoms with Gasteiger partial charge in [0.2, 0.25) is 0 Å². The van der Waals surface area contributed by atoms with Crippen molar-refractivity contribution < 1.29 is 14.3 Å². The number of fused-ring (bicyclic) bond motifs is 1. The van der Waals surface area contributed by atoms with Crippen molar-refractivity contribution in [2.75, 3.05) is 11.9 Å². The standard InChI is InChI=1S/C16H16N2O3/c19-15(10-21-16(20)11-4-1-5-11)18-14-8-2-7-13-12(14)6-3-9-17-13/h2-3,6-9,11H,1,4-5,10H2,(H,18,19). The summed E-state index contributed by atoms with van der Waals surface area (Å²) in [5.74, 6) is -0.616. The molecule has 108 valence electrons. The van der Waals surface area contributed by atoms with Crippen molar-refractivity contribution in [2.45, 2.75) is 19.3 Å². The molecule has 1 fully saturated rings. The molecule has 1 aliphatic carbocycles. The zero-order valence-electron chi connectivity index (χ0n) is 11.5. The number of nitrogens with one attached hydrogen (secondary N) is 1. The van der Waals surface area contributed by atoms with Gasteiger partial charge in [0.05, 0.1) is 17.1 Å². The van der Waals surface area contributed by atoms with Gasteiger partial charge in [0.1, 0.15) is 0 Å². The zero-order valence-corrected chi connectivity index (χ0v) is 11.5. The number of ether oxygens (including phenoxy) is 1. The predicted octanol–water partition coefficient (Wildman–Crippen LogP) is 2.52. The van der Waals surface area contributed by atoms with Crippen molar-refractivity contribution in [1.29, 1.82) is 0 Å². The summed E-state index contributed by atoms with van der Waals surface area (Å²) in [4.78, 5) is 27.7. The van der Waals surface area contributed by atoms with Gasteiger partial charge in [-0.05, 0) is 37.1 Å². The van der Waals surface area contributed by atoms with Crippen LogP contribution in [0.15, 0.2) is 36.5 Å². The van der Waals surface area contributed by atoms with E-state index in [0.29, 0.717) is 5.69 Å². The molecule has 1 amide bonds. The van der Waals surface area contributed by atoms with Gasteiger partial charge in [0, 0.05) is 11.6 Å². The Morgan fingerprint density at radius 2 is 2.10 bits per heavy atom. The summed E-state index contributed by atoms with van der Waals surface area (Å²) in [6.07, 6.45) is 4.51. The van der Waals surface area contributed by atoms with E-state index >= 15 is 0 Å². The number of hydrogen-bond donors (Lipinski definition) is 1. The van der Waals surface area contributed by atoms with E-state index < -0.39 is 0 Å². The van der Waals surface area contributed by atoms with Crippen LogP contribution >= 0.6 is 0 Å². The van der Waals surface area contributed by atoms with Gasteiger partial charge in [-0.3, -0.25) is 14.6 Å². The summed E-state index contributed by atoms with van der Waals surface area (Å²) in [6, 6.07) is 9.20. The summed E-state index contributed by atoms with van der Waals surface area (Å²) in [5, 5.41) is 3.62. The van der Waals surface area contributed by atoms with Crippen LogP contribution in [0.25, 0.3) is 10.9 Å². The largest absolute Gasteiger partial charge is 0.455 e. The SMILES string of the molecule is O=C(COC(=O)C1CCC1)Nc1cccc2ncccc12. The number of carbonyl (C=O) groups excluding carboxylic acids is 2. The third-order valence-corrected chi connectivity index (χ3v) is 3.70. The molecule has 0 saturated heterocycles. The fourth-order valence-electron chi connectivity index (χ4n) is 2.30. The lowest BCUT2D eigenvalue weighted by atomic mass is 9.86. The molecule has 1 aliphatic rings. The van der Waals surface area contributed by atoms with E-state index in [4.69, 9.17) is 4.74 Å². The summed E-state index contributed by atoms with van der Waals surface area (Å²) >= 11 is 0. The van der Waals surface area contributed by atoms with Crippen LogP contribution in [0.1, 0.15) is 19.3 Å². The second-order valence-corrected chi connectivity index (χ2v) is 5.16. The van der Waals surface area contributed by atoms with E-state index in [1.807, 2.05) is 24.3 Å².